The molecule has 0 fully saturated rings. The molecule has 0 aliphatic heterocycles. The summed E-state index contributed by atoms with van der Waals surface area (Å²) in [5.74, 6) is 0.787. The van der Waals surface area contributed by atoms with E-state index in [2.05, 4.69) is 28.3 Å². The zero-order valence-corrected chi connectivity index (χ0v) is 11.5. The Bertz CT molecular complexity index is 554. The number of benzene rings is 1. The van der Waals surface area contributed by atoms with Crippen LogP contribution in [0.5, 0.6) is 0 Å². The summed E-state index contributed by atoms with van der Waals surface area (Å²) in [6, 6.07) is 6.20. The molecule has 0 saturated heterocycles. The SMILES string of the molecule is Cc1cncc(N[C@@H](C)c2ccc(Cl)c(C)c2)n1. The summed E-state index contributed by atoms with van der Waals surface area (Å²) in [5, 5.41) is 4.12. The van der Waals surface area contributed by atoms with Crippen molar-refractivity contribution < 1.29 is 0 Å². The zero-order valence-electron chi connectivity index (χ0n) is 10.7. The fourth-order valence-corrected chi connectivity index (χ4v) is 1.89. The van der Waals surface area contributed by atoms with E-state index in [1.165, 1.54) is 5.56 Å². The maximum atomic E-state index is 6.02. The van der Waals surface area contributed by atoms with E-state index in [0.717, 1.165) is 22.1 Å². The molecule has 4 heteroatoms. The minimum Gasteiger partial charge on any atom is -0.362 e. The van der Waals surface area contributed by atoms with Crippen molar-refractivity contribution in [2.75, 3.05) is 5.32 Å². The van der Waals surface area contributed by atoms with Crippen LogP contribution in [-0.2, 0) is 0 Å². The number of anilines is 1. The molecular weight excluding hydrogens is 246 g/mol. The van der Waals surface area contributed by atoms with Crippen molar-refractivity contribution in [3.63, 3.8) is 0 Å². The largest absolute Gasteiger partial charge is 0.362 e. The third-order valence-electron chi connectivity index (χ3n) is 2.80. The molecule has 0 saturated carbocycles. The number of aromatic nitrogens is 2. The molecule has 18 heavy (non-hydrogen) atoms. The van der Waals surface area contributed by atoms with Crippen LogP contribution in [0.4, 0.5) is 5.82 Å². The van der Waals surface area contributed by atoms with Crippen molar-refractivity contribution in [3.8, 4) is 0 Å². The molecule has 0 bridgehead atoms. The molecule has 1 atom stereocenters. The minimum absolute atomic E-state index is 0.164. The molecule has 0 spiro atoms. The van der Waals surface area contributed by atoms with Crippen LogP contribution in [-0.4, -0.2) is 9.97 Å². The zero-order chi connectivity index (χ0) is 13.1. The van der Waals surface area contributed by atoms with Crippen LogP contribution < -0.4 is 5.32 Å². The van der Waals surface area contributed by atoms with Crippen molar-refractivity contribution in [1.82, 2.24) is 9.97 Å². The van der Waals surface area contributed by atoms with Crippen LogP contribution >= 0.6 is 11.6 Å². The Balaban J connectivity index is 2.16. The van der Waals surface area contributed by atoms with E-state index in [9.17, 15) is 0 Å². The lowest BCUT2D eigenvalue weighted by Crippen LogP contribution is -2.08. The normalized spacial score (nSPS) is 12.2. The average Bonchev–Trinajstić information content (AvgIpc) is 2.32. The first-order chi connectivity index (χ1) is 8.56. The highest BCUT2D eigenvalue weighted by atomic mass is 35.5. The molecule has 0 amide bonds. The molecular formula is C14H16ClN3. The predicted octanol–water partition coefficient (Wildman–Crippen LogP) is 3.92. The molecule has 1 aromatic carbocycles. The van der Waals surface area contributed by atoms with E-state index >= 15 is 0 Å². The number of hydrogen-bond donors (Lipinski definition) is 1. The molecule has 94 valence electrons. The summed E-state index contributed by atoms with van der Waals surface area (Å²) < 4.78 is 0. The van der Waals surface area contributed by atoms with Crippen LogP contribution in [0, 0.1) is 13.8 Å². The third kappa shape index (κ3) is 2.99. The van der Waals surface area contributed by atoms with Gasteiger partial charge in [-0.2, -0.15) is 0 Å². The molecule has 0 unspecified atom stereocenters. The fraction of sp³-hybridized carbons (Fsp3) is 0.286. The van der Waals surface area contributed by atoms with Crippen LogP contribution in [0.2, 0.25) is 5.02 Å². The summed E-state index contributed by atoms with van der Waals surface area (Å²) in [5.41, 5.74) is 3.16. The van der Waals surface area contributed by atoms with E-state index in [-0.39, 0.29) is 6.04 Å². The lowest BCUT2D eigenvalue weighted by Gasteiger charge is -2.15. The van der Waals surface area contributed by atoms with Crippen LogP contribution in [0.1, 0.15) is 29.8 Å². The summed E-state index contributed by atoms with van der Waals surface area (Å²) in [6.45, 7) is 6.02. The molecule has 1 heterocycles. The lowest BCUT2D eigenvalue weighted by molar-refractivity contribution is 0.866. The van der Waals surface area contributed by atoms with Gasteiger partial charge in [0.2, 0.25) is 0 Å². The number of aryl methyl sites for hydroxylation is 2. The quantitative estimate of drug-likeness (QED) is 0.910. The van der Waals surface area contributed by atoms with Crippen molar-refractivity contribution >= 4 is 17.4 Å². The molecule has 2 aromatic rings. The van der Waals surface area contributed by atoms with Crippen molar-refractivity contribution in [3.05, 3.63) is 52.4 Å². The highest BCUT2D eigenvalue weighted by molar-refractivity contribution is 6.31. The summed E-state index contributed by atoms with van der Waals surface area (Å²) in [4.78, 5) is 8.50. The van der Waals surface area contributed by atoms with E-state index in [4.69, 9.17) is 11.6 Å². The second kappa shape index (κ2) is 5.36. The van der Waals surface area contributed by atoms with E-state index in [0.29, 0.717) is 0 Å². The van der Waals surface area contributed by atoms with Gasteiger partial charge in [-0.3, -0.25) is 4.98 Å². The van der Waals surface area contributed by atoms with Crippen LogP contribution in [0.3, 0.4) is 0 Å². The smallest absolute Gasteiger partial charge is 0.145 e. The van der Waals surface area contributed by atoms with Gasteiger partial charge in [0.25, 0.3) is 0 Å². The molecule has 0 radical (unpaired) electrons. The molecule has 2 rings (SSSR count). The Morgan fingerprint density at radius 1 is 1.22 bits per heavy atom. The number of nitrogens with one attached hydrogen (secondary N) is 1. The highest BCUT2D eigenvalue weighted by Crippen LogP contribution is 2.22. The van der Waals surface area contributed by atoms with E-state index < -0.39 is 0 Å². The summed E-state index contributed by atoms with van der Waals surface area (Å²) in [6.07, 6.45) is 3.47. The third-order valence-corrected chi connectivity index (χ3v) is 3.23. The number of hydrogen-bond acceptors (Lipinski definition) is 3. The van der Waals surface area contributed by atoms with Gasteiger partial charge in [-0.25, -0.2) is 4.98 Å². The van der Waals surface area contributed by atoms with Crippen molar-refractivity contribution in [1.29, 1.82) is 0 Å². The Morgan fingerprint density at radius 2 is 2.00 bits per heavy atom. The van der Waals surface area contributed by atoms with Crippen molar-refractivity contribution in [2.45, 2.75) is 26.8 Å². The molecule has 0 aliphatic rings. The standard InChI is InChI=1S/C14H16ClN3/c1-9-6-12(4-5-13(9)15)11(3)18-14-8-16-7-10(2)17-14/h4-8,11H,1-3H3,(H,17,18)/t11-/m0/s1. The first-order valence-corrected chi connectivity index (χ1v) is 6.25. The highest BCUT2D eigenvalue weighted by Gasteiger charge is 2.07. The number of halogens is 1. The molecule has 0 aliphatic carbocycles. The van der Waals surface area contributed by atoms with E-state index in [1.54, 1.807) is 12.4 Å². The molecule has 3 nitrogen and oxygen atoms in total. The molecule has 1 N–H and O–H groups in total. The lowest BCUT2D eigenvalue weighted by atomic mass is 10.1. The predicted molar refractivity (Wildman–Crippen MR) is 75.0 cm³/mol. The van der Waals surface area contributed by atoms with Crippen molar-refractivity contribution in [2.24, 2.45) is 0 Å². The molecule has 1 aromatic heterocycles. The van der Waals surface area contributed by atoms with Crippen LogP contribution in [0.15, 0.2) is 30.6 Å². The Hall–Kier alpha value is -1.61. The topological polar surface area (TPSA) is 37.8 Å². The second-order valence-corrected chi connectivity index (χ2v) is 4.83. The van der Waals surface area contributed by atoms with Gasteiger partial charge < -0.3 is 5.32 Å². The van der Waals surface area contributed by atoms with Gasteiger partial charge in [0.05, 0.1) is 17.9 Å². The first-order valence-electron chi connectivity index (χ1n) is 5.87. The van der Waals surface area contributed by atoms with Gasteiger partial charge in [-0.15, -0.1) is 0 Å². The van der Waals surface area contributed by atoms with Gasteiger partial charge in [-0.05, 0) is 38.0 Å². The minimum atomic E-state index is 0.164. The maximum absolute atomic E-state index is 6.02. The Morgan fingerprint density at radius 3 is 2.67 bits per heavy atom. The van der Waals surface area contributed by atoms with Gasteiger partial charge in [0.15, 0.2) is 0 Å². The second-order valence-electron chi connectivity index (χ2n) is 4.42. The van der Waals surface area contributed by atoms with Gasteiger partial charge in [0, 0.05) is 11.2 Å². The Labute approximate surface area is 112 Å². The Kier molecular flexibility index (Phi) is 3.82. The first kappa shape index (κ1) is 12.8. The van der Waals surface area contributed by atoms with Crippen LogP contribution in [0.25, 0.3) is 0 Å². The van der Waals surface area contributed by atoms with Gasteiger partial charge >= 0.3 is 0 Å². The number of rotatable bonds is 3. The average molecular weight is 262 g/mol. The fourth-order valence-electron chi connectivity index (χ4n) is 1.78. The maximum Gasteiger partial charge on any atom is 0.145 e. The number of nitrogens with zero attached hydrogens (tertiary/aromatic N) is 2. The summed E-state index contributed by atoms with van der Waals surface area (Å²) >= 11 is 6.02. The van der Waals surface area contributed by atoms with Gasteiger partial charge in [0.1, 0.15) is 5.82 Å². The van der Waals surface area contributed by atoms with E-state index in [1.807, 2.05) is 26.0 Å². The monoisotopic (exact) mass is 261 g/mol. The summed E-state index contributed by atoms with van der Waals surface area (Å²) in [7, 11) is 0. The van der Waals surface area contributed by atoms with Gasteiger partial charge in [-0.1, -0.05) is 23.7 Å².